The Bertz CT molecular complexity index is 528. The molecule has 0 radical (unpaired) electrons. The van der Waals surface area contributed by atoms with Gasteiger partial charge in [-0.2, -0.15) is 0 Å². The molecular formula is C16H20N2O2. The minimum absolute atomic E-state index is 0.157. The quantitative estimate of drug-likeness (QED) is 0.877. The molecule has 4 nitrogen and oxygen atoms in total. The summed E-state index contributed by atoms with van der Waals surface area (Å²) in [6.07, 6.45) is 2.92. The first-order valence-corrected chi connectivity index (χ1v) is 6.87. The molecule has 106 valence electrons. The Morgan fingerprint density at radius 3 is 2.40 bits per heavy atom. The van der Waals surface area contributed by atoms with Crippen molar-refractivity contribution in [2.45, 2.75) is 20.4 Å². The first-order chi connectivity index (χ1) is 9.72. The smallest absolute Gasteiger partial charge is 0.258 e. The van der Waals surface area contributed by atoms with E-state index < -0.39 is 0 Å². The van der Waals surface area contributed by atoms with Gasteiger partial charge in [0.1, 0.15) is 6.26 Å². The van der Waals surface area contributed by atoms with Crippen molar-refractivity contribution in [3.8, 4) is 0 Å². The molecular weight excluding hydrogens is 252 g/mol. The molecule has 0 atom stereocenters. The number of hydrogen-bond donors (Lipinski definition) is 1. The highest BCUT2D eigenvalue weighted by Gasteiger charge is 2.07. The van der Waals surface area contributed by atoms with Gasteiger partial charge in [-0.3, -0.25) is 9.69 Å². The van der Waals surface area contributed by atoms with Crippen LogP contribution in [-0.4, -0.2) is 23.9 Å². The molecule has 1 heterocycles. The van der Waals surface area contributed by atoms with Crippen molar-refractivity contribution < 1.29 is 9.21 Å². The van der Waals surface area contributed by atoms with Gasteiger partial charge in [0.15, 0.2) is 0 Å². The van der Waals surface area contributed by atoms with E-state index in [9.17, 15) is 4.79 Å². The summed E-state index contributed by atoms with van der Waals surface area (Å²) < 4.78 is 4.89. The summed E-state index contributed by atoms with van der Waals surface area (Å²) in [7, 11) is 0. The van der Waals surface area contributed by atoms with E-state index in [4.69, 9.17) is 4.42 Å². The van der Waals surface area contributed by atoms with Gasteiger partial charge in [0.25, 0.3) is 5.91 Å². The fourth-order valence-electron chi connectivity index (χ4n) is 2.00. The van der Waals surface area contributed by atoms with Crippen molar-refractivity contribution in [1.82, 2.24) is 4.90 Å². The van der Waals surface area contributed by atoms with Crippen LogP contribution in [0.25, 0.3) is 0 Å². The van der Waals surface area contributed by atoms with Crippen LogP contribution in [0.1, 0.15) is 29.8 Å². The van der Waals surface area contributed by atoms with Crippen molar-refractivity contribution >= 4 is 11.6 Å². The maximum atomic E-state index is 11.9. The molecule has 0 saturated carbocycles. The first-order valence-electron chi connectivity index (χ1n) is 6.87. The van der Waals surface area contributed by atoms with Crippen molar-refractivity contribution in [2.75, 3.05) is 18.4 Å². The third kappa shape index (κ3) is 3.71. The average Bonchev–Trinajstić information content (AvgIpc) is 3.01. The number of carbonyl (C=O) groups excluding carboxylic acids is 1. The fourth-order valence-corrected chi connectivity index (χ4v) is 2.00. The summed E-state index contributed by atoms with van der Waals surface area (Å²) in [5, 5.41) is 2.84. The molecule has 0 bridgehead atoms. The standard InChI is InChI=1S/C16H20N2O2/c1-3-18(4-2)11-13-5-7-15(8-6-13)17-16(19)14-9-10-20-12-14/h5-10,12H,3-4,11H2,1-2H3,(H,17,19). The number of hydrogen-bond acceptors (Lipinski definition) is 3. The highest BCUT2D eigenvalue weighted by molar-refractivity contribution is 6.03. The zero-order valence-electron chi connectivity index (χ0n) is 11.9. The number of furan rings is 1. The molecule has 0 spiro atoms. The Hall–Kier alpha value is -2.07. The summed E-state index contributed by atoms with van der Waals surface area (Å²) in [6, 6.07) is 9.59. The second-order valence-electron chi connectivity index (χ2n) is 4.62. The largest absolute Gasteiger partial charge is 0.472 e. The lowest BCUT2D eigenvalue weighted by atomic mass is 10.2. The van der Waals surface area contributed by atoms with Crippen LogP contribution in [0.2, 0.25) is 0 Å². The lowest BCUT2D eigenvalue weighted by molar-refractivity contribution is 0.102. The van der Waals surface area contributed by atoms with Gasteiger partial charge in [-0.15, -0.1) is 0 Å². The Kier molecular flexibility index (Phi) is 4.96. The minimum atomic E-state index is -0.157. The molecule has 0 aliphatic carbocycles. The topological polar surface area (TPSA) is 45.5 Å². The van der Waals surface area contributed by atoms with Crippen LogP contribution in [-0.2, 0) is 6.54 Å². The van der Waals surface area contributed by atoms with Gasteiger partial charge in [-0.05, 0) is 36.9 Å². The molecule has 1 amide bonds. The van der Waals surface area contributed by atoms with Gasteiger partial charge in [-0.1, -0.05) is 26.0 Å². The Labute approximate surface area is 119 Å². The second-order valence-corrected chi connectivity index (χ2v) is 4.62. The zero-order chi connectivity index (χ0) is 14.4. The van der Waals surface area contributed by atoms with Crippen LogP contribution in [0, 0.1) is 0 Å². The van der Waals surface area contributed by atoms with Crippen molar-refractivity contribution in [1.29, 1.82) is 0 Å². The molecule has 2 rings (SSSR count). The molecule has 0 saturated heterocycles. The summed E-state index contributed by atoms with van der Waals surface area (Å²) >= 11 is 0. The number of nitrogens with one attached hydrogen (secondary N) is 1. The number of benzene rings is 1. The molecule has 1 aromatic carbocycles. The Morgan fingerprint density at radius 2 is 1.85 bits per heavy atom. The maximum absolute atomic E-state index is 11.9. The van der Waals surface area contributed by atoms with E-state index in [1.807, 2.05) is 24.3 Å². The van der Waals surface area contributed by atoms with Crippen LogP contribution in [0.15, 0.2) is 47.3 Å². The van der Waals surface area contributed by atoms with Gasteiger partial charge in [0, 0.05) is 12.2 Å². The van der Waals surface area contributed by atoms with Gasteiger partial charge in [-0.25, -0.2) is 0 Å². The van der Waals surface area contributed by atoms with Crippen molar-refractivity contribution in [3.05, 3.63) is 54.0 Å². The number of amides is 1. The van der Waals surface area contributed by atoms with Crippen LogP contribution in [0.5, 0.6) is 0 Å². The van der Waals surface area contributed by atoms with Crippen LogP contribution in [0.4, 0.5) is 5.69 Å². The predicted molar refractivity (Wildman–Crippen MR) is 79.7 cm³/mol. The number of nitrogens with zero attached hydrogens (tertiary/aromatic N) is 1. The van der Waals surface area contributed by atoms with E-state index >= 15 is 0 Å². The number of carbonyl (C=O) groups is 1. The van der Waals surface area contributed by atoms with E-state index in [2.05, 4.69) is 24.1 Å². The third-order valence-corrected chi connectivity index (χ3v) is 3.30. The van der Waals surface area contributed by atoms with Crippen LogP contribution < -0.4 is 5.32 Å². The number of rotatable bonds is 6. The highest BCUT2D eigenvalue weighted by Crippen LogP contribution is 2.13. The zero-order valence-corrected chi connectivity index (χ0v) is 11.9. The predicted octanol–water partition coefficient (Wildman–Crippen LogP) is 3.37. The molecule has 0 aliphatic rings. The molecule has 0 fully saturated rings. The second kappa shape index (κ2) is 6.91. The van der Waals surface area contributed by atoms with E-state index in [-0.39, 0.29) is 5.91 Å². The van der Waals surface area contributed by atoms with Gasteiger partial charge in [0.2, 0.25) is 0 Å². The van der Waals surface area contributed by atoms with E-state index in [0.29, 0.717) is 5.56 Å². The Balaban J connectivity index is 1.96. The first kappa shape index (κ1) is 14.3. The Morgan fingerprint density at radius 1 is 1.15 bits per heavy atom. The third-order valence-electron chi connectivity index (χ3n) is 3.30. The lowest BCUT2D eigenvalue weighted by Gasteiger charge is -2.18. The monoisotopic (exact) mass is 272 g/mol. The summed E-state index contributed by atoms with van der Waals surface area (Å²) in [4.78, 5) is 14.2. The molecule has 0 aliphatic heterocycles. The summed E-state index contributed by atoms with van der Waals surface area (Å²) in [6.45, 7) is 7.32. The van der Waals surface area contributed by atoms with Gasteiger partial charge >= 0.3 is 0 Å². The van der Waals surface area contributed by atoms with E-state index in [1.165, 1.54) is 18.1 Å². The van der Waals surface area contributed by atoms with Crippen molar-refractivity contribution in [3.63, 3.8) is 0 Å². The SMILES string of the molecule is CCN(CC)Cc1ccc(NC(=O)c2ccoc2)cc1. The molecule has 1 N–H and O–H groups in total. The summed E-state index contributed by atoms with van der Waals surface area (Å²) in [5.41, 5.74) is 2.56. The lowest BCUT2D eigenvalue weighted by Crippen LogP contribution is -2.22. The molecule has 1 aromatic heterocycles. The van der Waals surface area contributed by atoms with Gasteiger partial charge in [0.05, 0.1) is 11.8 Å². The minimum Gasteiger partial charge on any atom is -0.472 e. The normalized spacial score (nSPS) is 10.8. The highest BCUT2D eigenvalue weighted by atomic mass is 16.3. The summed E-state index contributed by atoms with van der Waals surface area (Å²) in [5.74, 6) is -0.157. The van der Waals surface area contributed by atoms with Gasteiger partial charge < -0.3 is 9.73 Å². The van der Waals surface area contributed by atoms with Crippen molar-refractivity contribution in [2.24, 2.45) is 0 Å². The molecule has 4 heteroatoms. The molecule has 0 unspecified atom stereocenters. The van der Waals surface area contributed by atoms with Crippen LogP contribution in [0.3, 0.4) is 0 Å². The van der Waals surface area contributed by atoms with E-state index in [1.54, 1.807) is 6.07 Å². The fraction of sp³-hybridized carbons (Fsp3) is 0.312. The van der Waals surface area contributed by atoms with E-state index in [0.717, 1.165) is 25.3 Å². The molecule has 2 aromatic rings. The molecule has 20 heavy (non-hydrogen) atoms. The number of anilines is 1. The average molecular weight is 272 g/mol. The van der Waals surface area contributed by atoms with Crippen LogP contribution >= 0.6 is 0 Å². The maximum Gasteiger partial charge on any atom is 0.258 e.